The first-order valence-corrected chi connectivity index (χ1v) is 9.84. The van der Waals surface area contributed by atoms with Crippen molar-refractivity contribution in [1.82, 2.24) is 0 Å². The Hall–Kier alpha value is -3.56. The number of aliphatic hydroxyl groups is 5. The SMILES string of the molecule is COc1cc(C=CC(=O)C(=O)[C@H](O)[C@@H](O)[C@H](O)[C@H](O)COC(=O)C(O)CC(=O)O)cc(OC)c1O. The predicted molar refractivity (Wildman–Crippen MR) is 114 cm³/mol. The number of ether oxygens (including phenoxy) is 3. The Kier molecular flexibility index (Phi) is 11.2. The summed E-state index contributed by atoms with van der Waals surface area (Å²) in [6.45, 7) is -1.03. The fraction of sp³-hybridized carbons (Fsp3) is 0.429. The van der Waals surface area contributed by atoms with Gasteiger partial charge in [-0.2, -0.15) is 0 Å². The zero-order valence-corrected chi connectivity index (χ0v) is 18.6. The molecule has 0 saturated carbocycles. The topological polar surface area (TPSA) is 238 Å². The van der Waals surface area contributed by atoms with Crippen LogP contribution in [0.1, 0.15) is 12.0 Å². The van der Waals surface area contributed by atoms with Crippen LogP contribution in [-0.4, -0.2) is 111 Å². The number of Topliss-reactive ketones (excluding diaryl/α,β-unsaturated/α-hetero) is 1. The zero-order valence-electron chi connectivity index (χ0n) is 18.6. The Bertz CT molecular complexity index is 930. The van der Waals surface area contributed by atoms with Crippen LogP contribution in [0.2, 0.25) is 0 Å². The van der Waals surface area contributed by atoms with E-state index < -0.39 is 67.1 Å². The fourth-order valence-corrected chi connectivity index (χ4v) is 2.59. The van der Waals surface area contributed by atoms with Crippen LogP contribution in [-0.2, 0) is 23.9 Å². The Balaban J connectivity index is 2.77. The average Bonchev–Trinajstić information content (AvgIpc) is 2.83. The molecule has 7 N–H and O–H groups in total. The maximum Gasteiger partial charge on any atom is 0.335 e. The highest BCUT2D eigenvalue weighted by Crippen LogP contribution is 2.37. The van der Waals surface area contributed by atoms with Crippen molar-refractivity contribution in [2.75, 3.05) is 20.8 Å². The number of aromatic hydroxyl groups is 1. The van der Waals surface area contributed by atoms with Crippen molar-refractivity contribution < 1.29 is 69.1 Å². The summed E-state index contributed by atoms with van der Waals surface area (Å²) >= 11 is 0. The number of hydrogen-bond donors (Lipinski definition) is 7. The number of hydrogen-bond acceptors (Lipinski definition) is 13. The van der Waals surface area contributed by atoms with Gasteiger partial charge in [0.1, 0.15) is 31.0 Å². The van der Waals surface area contributed by atoms with Gasteiger partial charge in [0, 0.05) is 0 Å². The Morgan fingerprint density at radius 1 is 0.943 bits per heavy atom. The number of aliphatic hydroxyl groups excluding tert-OH is 5. The molecule has 0 bridgehead atoms. The van der Waals surface area contributed by atoms with Crippen LogP contribution < -0.4 is 9.47 Å². The second-order valence-corrected chi connectivity index (χ2v) is 7.07. The van der Waals surface area contributed by atoms with Gasteiger partial charge in [-0.15, -0.1) is 0 Å². The number of ketones is 2. The van der Waals surface area contributed by atoms with Gasteiger partial charge >= 0.3 is 11.9 Å². The van der Waals surface area contributed by atoms with E-state index in [0.29, 0.717) is 0 Å². The first-order valence-electron chi connectivity index (χ1n) is 9.84. The smallest absolute Gasteiger partial charge is 0.335 e. The Labute approximate surface area is 198 Å². The molecular weight excluding hydrogens is 476 g/mol. The lowest BCUT2D eigenvalue weighted by atomic mass is 9.98. The molecule has 0 heterocycles. The molecular formula is C21H26O14. The summed E-state index contributed by atoms with van der Waals surface area (Å²) in [6.07, 6.45) is -10.4. The van der Waals surface area contributed by atoms with Gasteiger partial charge in [-0.25, -0.2) is 4.79 Å². The molecule has 14 heteroatoms. The summed E-state index contributed by atoms with van der Waals surface area (Å²) in [5.41, 5.74) is 0.259. The van der Waals surface area contributed by atoms with E-state index in [1.807, 2.05) is 0 Å². The molecule has 14 nitrogen and oxygen atoms in total. The van der Waals surface area contributed by atoms with Crippen LogP contribution >= 0.6 is 0 Å². The summed E-state index contributed by atoms with van der Waals surface area (Å²) in [7, 11) is 2.54. The second-order valence-electron chi connectivity index (χ2n) is 7.07. The van der Waals surface area contributed by atoms with Gasteiger partial charge in [-0.05, 0) is 23.8 Å². The van der Waals surface area contributed by atoms with Gasteiger partial charge < -0.3 is 50.0 Å². The van der Waals surface area contributed by atoms with Crippen LogP contribution in [0, 0.1) is 0 Å². The number of methoxy groups -OCH3 is 2. The molecule has 1 aromatic carbocycles. The third-order valence-electron chi connectivity index (χ3n) is 4.54. The molecule has 0 radical (unpaired) electrons. The third kappa shape index (κ3) is 8.31. The minimum atomic E-state index is -2.48. The minimum absolute atomic E-state index is 0.00604. The number of aliphatic carboxylic acids is 1. The van der Waals surface area contributed by atoms with E-state index in [4.69, 9.17) is 14.6 Å². The summed E-state index contributed by atoms with van der Waals surface area (Å²) in [6, 6.07) is 2.62. The molecule has 5 atom stereocenters. The summed E-state index contributed by atoms with van der Waals surface area (Å²) in [4.78, 5) is 46.1. The number of rotatable bonds is 14. The minimum Gasteiger partial charge on any atom is -0.502 e. The van der Waals surface area contributed by atoms with Crippen molar-refractivity contribution in [3.05, 3.63) is 23.8 Å². The number of carbonyl (C=O) groups excluding carboxylic acids is 3. The molecule has 0 amide bonds. The highest BCUT2D eigenvalue weighted by molar-refractivity contribution is 6.43. The van der Waals surface area contributed by atoms with Crippen molar-refractivity contribution in [2.24, 2.45) is 0 Å². The van der Waals surface area contributed by atoms with E-state index in [2.05, 4.69) is 4.74 Å². The summed E-state index contributed by atoms with van der Waals surface area (Å²) < 4.78 is 14.3. The lowest BCUT2D eigenvalue weighted by molar-refractivity contribution is -0.168. The number of esters is 1. The van der Waals surface area contributed by atoms with E-state index in [1.165, 1.54) is 26.4 Å². The summed E-state index contributed by atoms with van der Waals surface area (Å²) in [5.74, 6) is -6.08. The normalized spacial score (nSPS) is 15.5. The number of allylic oxidation sites excluding steroid dienone is 1. The molecule has 35 heavy (non-hydrogen) atoms. The van der Waals surface area contributed by atoms with Crippen LogP contribution in [0.5, 0.6) is 17.2 Å². The van der Waals surface area contributed by atoms with E-state index in [1.54, 1.807) is 0 Å². The summed E-state index contributed by atoms with van der Waals surface area (Å²) in [5, 5.41) is 67.2. The van der Waals surface area contributed by atoms with Crippen LogP contribution in [0.25, 0.3) is 6.08 Å². The molecule has 1 aromatic rings. The molecule has 1 unspecified atom stereocenters. The van der Waals surface area contributed by atoms with E-state index >= 15 is 0 Å². The number of phenolic OH excluding ortho intramolecular Hbond substituents is 1. The van der Waals surface area contributed by atoms with Crippen molar-refractivity contribution in [1.29, 1.82) is 0 Å². The molecule has 194 valence electrons. The first-order chi connectivity index (χ1) is 16.3. The van der Waals surface area contributed by atoms with Crippen LogP contribution in [0.15, 0.2) is 18.2 Å². The molecule has 0 aliphatic heterocycles. The maximum absolute atomic E-state index is 12.1. The molecule has 0 spiro atoms. The Morgan fingerprint density at radius 2 is 1.49 bits per heavy atom. The molecule has 0 saturated heterocycles. The number of carboxylic acid groups (broad SMARTS) is 1. The lowest BCUT2D eigenvalue weighted by Crippen LogP contribution is -2.50. The van der Waals surface area contributed by atoms with E-state index in [0.717, 1.165) is 12.2 Å². The monoisotopic (exact) mass is 502 g/mol. The zero-order chi connectivity index (χ0) is 26.9. The molecule has 0 aliphatic rings. The van der Waals surface area contributed by atoms with Crippen molar-refractivity contribution in [2.45, 2.75) is 36.9 Å². The largest absolute Gasteiger partial charge is 0.502 e. The number of carbonyl (C=O) groups is 4. The number of carboxylic acids is 1. The molecule has 0 fully saturated rings. The molecule has 0 aromatic heterocycles. The van der Waals surface area contributed by atoms with Crippen LogP contribution in [0.3, 0.4) is 0 Å². The standard InChI is InChI=1S/C21H26O14/c1-33-13-5-9(6-14(34-2)18(13)29)3-4-10(22)16(27)19(30)20(31)17(28)12(24)8-35-21(32)11(23)7-15(25)26/h3-6,11-12,17,19-20,23-24,28-31H,7-8H2,1-2H3,(H,25,26)/t11?,12-,17-,19+,20+/m1/s1. The lowest BCUT2D eigenvalue weighted by Gasteiger charge is -2.25. The van der Waals surface area contributed by atoms with Gasteiger partial charge in [0.25, 0.3) is 0 Å². The number of phenols is 1. The maximum atomic E-state index is 12.1. The third-order valence-corrected chi connectivity index (χ3v) is 4.54. The van der Waals surface area contributed by atoms with Crippen molar-refractivity contribution in [3.8, 4) is 17.2 Å². The Morgan fingerprint density at radius 3 is 1.97 bits per heavy atom. The quantitative estimate of drug-likeness (QED) is 0.0783. The molecule has 1 rings (SSSR count). The van der Waals surface area contributed by atoms with Gasteiger partial charge in [0.2, 0.25) is 17.3 Å². The number of benzene rings is 1. The first kappa shape index (κ1) is 29.5. The highest BCUT2D eigenvalue weighted by Gasteiger charge is 2.37. The van der Waals surface area contributed by atoms with Gasteiger partial charge in [0.05, 0.1) is 20.6 Å². The fourth-order valence-electron chi connectivity index (χ4n) is 2.59. The van der Waals surface area contributed by atoms with Crippen LogP contribution in [0.4, 0.5) is 0 Å². The van der Waals surface area contributed by atoms with Gasteiger partial charge in [-0.3, -0.25) is 14.4 Å². The highest BCUT2D eigenvalue weighted by atomic mass is 16.6. The van der Waals surface area contributed by atoms with E-state index in [-0.39, 0.29) is 22.8 Å². The van der Waals surface area contributed by atoms with Gasteiger partial charge in [0.15, 0.2) is 17.6 Å². The second kappa shape index (κ2) is 13.4. The van der Waals surface area contributed by atoms with Crippen molar-refractivity contribution >= 4 is 29.6 Å². The van der Waals surface area contributed by atoms with Gasteiger partial charge in [-0.1, -0.05) is 6.08 Å². The average molecular weight is 502 g/mol. The molecule has 0 aliphatic carbocycles. The van der Waals surface area contributed by atoms with Crippen molar-refractivity contribution in [3.63, 3.8) is 0 Å². The van der Waals surface area contributed by atoms with E-state index in [9.17, 15) is 49.8 Å². The predicted octanol–water partition coefficient (Wildman–Crippen LogP) is -2.62.